The molecule has 0 saturated carbocycles. The molecule has 0 rings (SSSR count). The predicted octanol–water partition coefficient (Wildman–Crippen LogP) is 0.532. The third-order valence-corrected chi connectivity index (χ3v) is 3.01. The highest BCUT2D eigenvalue weighted by atomic mass is 32.1. The van der Waals surface area contributed by atoms with Gasteiger partial charge in [-0.3, -0.25) is 19.2 Å². The molecule has 2 atom stereocenters. The lowest BCUT2D eigenvalue weighted by atomic mass is 9.93. The molecule has 0 aliphatic carbocycles. The van der Waals surface area contributed by atoms with Crippen LogP contribution in [-0.2, 0) is 19.2 Å². The zero-order valence-corrected chi connectivity index (χ0v) is 11.0. The van der Waals surface area contributed by atoms with Gasteiger partial charge in [0.15, 0.2) is 0 Å². The Bertz CT molecular complexity index is 366. The zero-order valence-electron chi connectivity index (χ0n) is 10.1. The van der Waals surface area contributed by atoms with Gasteiger partial charge in [-0.2, -0.15) is 12.6 Å². The molecular weight excluding hydrogens is 276 g/mol. The van der Waals surface area contributed by atoms with Crippen molar-refractivity contribution in [3.63, 3.8) is 0 Å². The van der Waals surface area contributed by atoms with Gasteiger partial charge in [0.05, 0.1) is 11.8 Å². The minimum Gasteiger partial charge on any atom is -0.481 e. The van der Waals surface area contributed by atoms with Crippen molar-refractivity contribution in [1.29, 1.82) is 0 Å². The summed E-state index contributed by atoms with van der Waals surface area (Å²) in [5.74, 6) is -6.15. The van der Waals surface area contributed by atoms with E-state index in [9.17, 15) is 19.2 Å². The molecule has 0 aliphatic rings. The number of carboxylic acid groups (broad SMARTS) is 3. The summed E-state index contributed by atoms with van der Waals surface area (Å²) in [6.45, 7) is 0. The van der Waals surface area contributed by atoms with Crippen molar-refractivity contribution < 1.29 is 34.5 Å². The second kappa shape index (κ2) is 8.52. The highest BCUT2D eigenvalue weighted by molar-refractivity contribution is 7.80. The van der Waals surface area contributed by atoms with Crippen LogP contribution in [-0.4, -0.2) is 44.8 Å². The molecule has 0 aromatic heterocycles. The van der Waals surface area contributed by atoms with E-state index in [0.29, 0.717) is 0 Å². The molecule has 108 valence electrons. The van der Waals surface area contributed by atoms with Crippen LogP contribution in [0.4, 0.5) is 0 Å². The largest absolute Gasteiger partial charge is 0.481 e. The smallest absolute Gasteiger partial charge is 0.307 e. The fourth-order valence-corrected chi connectivity index (χ4v) is 1.76. The lowest BCUT2D eigenvalue weighted by Gasteiger charge is -2.12. The number of hydrogen-bond donors (Lipinski definition) is 4. The van der Waals surface area contributed by atoms with E-state index >= 15 is 0 Å². The van der Waals surface area contributed by atoms with E-state index < -0.39 is 35.5 Å². The van der Waals surface area contributed by atoms with E-state index in [4.69, 9.17) is 15.3 Å². The molecule has 0 radical (unpaired) electrons. The first-order valence-electron chi connectivity index (χ1n) is 5.57. The first kappa shape index (κ1) is 17.4. The lowest BCUT2D eigenvalue weighted by Crippen LogP contribution is -2.24. The van der Waals surface area contributed by atoms with Crippen LogP contribution in [0.2, 0.25) is 0 Å². The van der Waals surface area contributed by atoms with Crippen LogP contribution >= 0.6 is 12.6 Å². The normalized spacial score (nSPS) is 13.5. The monoisotopic (exact) mass is 292 g/mol. The molecular formula is C11H16O7S. The Morgan fingerprint density at radius 1 is 0.895 bits per heavy atom. The van der Waals surface area contributed by atoms with Crippen LogP contribution in [0, 0.1) is 11.8 Å². The molecule has 0 aromatic rings. The second-order valence-electron chi connectivity index (χ2n) is 4.13. The van der Waals surface area contributed by atoms with Gasteiger partial charge >= 0.3 is 17.9 Å². The van der Waals surface area contributed by atoms with Gasteiger partial charge in [-0.05, 0) is 6.42 Å². The number of carbonyl (C=O) groups is 4. The van der Waals surface area contributed by atoms with Gasteiger partial charge < -0.3 is 15.3 Å². The average molecular weight is 292 g/mol. The van der Waals surface area contributed by atoms with E-state index in [2.05, 4.69) is 12.6 Å². The Morgan fingerprint density at radius 2 is 1.37 bits per heavy atom. The van der Waals surface area contributed by atoms with Crippen molar-refractivity contribution in [2.75, 3.05) is 5.75 Å². The average Bonchev–Trinajstić information content (AvgIpc) is 2.30. The summed E-state index contributed by atoms with van der Waals surface area (Å²) < 4.78 is 0. The van der Waals surface area contributed by atoms with Gasteiger partial charge in [-0.1, -0.05) is 0 Å². The van der Waals surface area contributed by atoms with Crippen molar-refractivity contribution in [2.24, 2.45) is 11.8 Å². The summed E-state index contributed by atoms with van der Waals surface area (Å²) in [5, 5.41) is 26.1. The van der Waals surface area contributed by atoms with Crippen LogP contribution in [0.25, 0.3) is 0 Å². The van der Waals surface area contributed by atoms with Crippen molar-refractivity contribution in [2.45, 2.75) is 25.7 Å². The summed E-state index contributed by atoms with van der Waals surface area (Å²) in [6.07, 6.45) is -1.16. The minimum atomic E-state index is -1.26. The summed E-state index contributed by atoms with van der Waals surface area (Å²) >= 11 is 3.80. The SMILES string of the molecule is O=C(O)CC[C@H](CC(=O)C[C@@H](CS)C(=O)O)C(=O)O. The molecule has 7 nitrogen and oxygen atoms in total. The minimum absolute atomic E-state index is 0.0199. The third kappa shape index (κ3) is 7.45. The number of hydrogen-bond acceptors (Lipinski definition) is 5. The predicted molar refractivity (Wildman–Crippen MR) is 67.2 cm³/mol. The van der Waals surface area contributed by atoms with Gasteiger partial charge in [0, 0.05) is 25.0 Å². The highest BCUT2D eigenvalue weighted by Crippen LogP contribution is 2.16. The number of rotatable bonds is 10. The van der Waals surface area contributed by atoms with E-state index in [1.165, 1.54) is 0 Å². The number of ketones is 1. The summed E-state index contributed by atoms with van der Waals surface area (Å²) in [7, 11) is 0. The standard InChI is InChI=1S/C11H16O7S/c12-8(4-7(5-19)11(17)18)3-6(10(15)16)1-2-9(13)14/h6-7,19H,1-5H2,(H,13,14)(H,15,16)(H,17,18)/t6-,7+/m1/s1. The Morgan fingerprint density at radius 3 is 1.74 bits per heavy atom. The van der Waals surface area contributed by atoms with Crippen LogP contribution in [0.15, 0.2) is 0 Å². The lowest BCUT2D eigenvalue weighted by molar-refractivity contribution is -0.145. The molecule has 0 spiro atoms. The van der Waals surface area contributed by atoms with Gasteiger partial charge in [0.1, 0.15) is 5.78 Å². The fourth-order valence-electron chi connectivity index (χ4n) is 1.47. The molecule has 0 fully saturated rings. The summed E-state index contributed by atoms with van der Waals surface area (Å²) in [6, 6.07) is 0. The first-order valence-corrected chi connectivity index (χ1v) is 6.21. The topological polar surface area (TPSA) is 129 Å². The van der Waals surface area contributed by atoms with Crippen LogP contribution in [0.3, 0.4) is 0 Å². The molecule has 0 aromatic carbocycles. The third-order valence-electron chi connectivity index (χ3n) is 2.57. The quantitative estimate of drug-likeness (QED) is 0.432. The van der Waals surface area contributed by atoms with Crippen LogP contribution < -0.4 is 0 Å². The van der Waals surface area contributed by atoms with Crippen molar-refractivity contribution in [1.82, 2.24) is 0 Å². The van der Waals surface area contributed by atoms with Crippen molar-refractivity contribution in [3.05, 3.63) is 0 Å². The summed E-state index contributed by atoms with van der Waals surface area (Å²) in [4.78, 5) is 43.5. The van der Waals surface area contributed by atoms with Gasteiger partial charge in [-0.25, -0.2) is 0 Å². The molecule has 0 bridgehead atoms. The number of thiol groups is 1. The first-order chi connectivity index (χ1) is 8.77. The molecule has 19 heavy (non-hydrogen) atoms. The Kier molecular flexibility index (Phi) is 7.81. The number of carboxylic acids is 3. The van der Waals surface area contributed by atoms with Gasteiger partial charge in [0.25, 0.3) is 0 Å². The number of aliphatic carboxylic acids is 3. The molecule has 0 amide bonds. The Balaban J connectivity index is 4.42. The van der Waals surface area contributed by atoms with Gasteiger partial charge in [0.2, 0.25) is 0 Å². The highest BCUT2D eigenvalue weighted by Gasteiger charge is 2.25. The van der Waals surface area contributed by atoms with Crippen molar-refractivity contribution in [3.8, 4) is 0 Å². The maximum atomic E-state index is 11.6. The van der Waals surface area contributed by atoms with Crippen LogP contribution in [0.1, 0.15) is 25.7 Å². The van der Waals surface area contributed by atoms with E-state index in [1.54, 1.807) is 0 Å². The molecule has 8 heteroatoms. The maximum Gasteiger partial charge on any atom is 0.307 e. The van der Waals surface area contributed by atoms with E-state index in [0.717, 1.165) is 0 Å². The van der Waals surface area contributed by atoms with E-state index in [1.807, 2.05) is 0 Å². The second-order valence-corrected chi connectivity index (χ2v) is 4.50. The fraction of sp³-hybridized carbons (Fsp3) is 0.636. The van der Waals surface area contributed by atoms with Gasteiger partial charge in [-0.15, -0.1) is 0 Å². The number of carbonyl (C=O) groups excluding carboxylic acids is 1. The number of Topliss-reactive ketones (excluding diaryl/α,β-unsaturated/α-hetero) is 1. The molecule has 0 heterocycles. The van der Waals surface area contributed by atoms with Crippen LogP contribution in [0.5, 0.6) is 0 Å². The molecule has 0 saturated heterocycles. The molecule has 3 N–H and O–H groups in total. The Labute approximate surface area is 115 Å². The molecule has 0 unspecified atom stereocenters. The zero-order chi connectivity index (χ0) is 15.0. The van der Waals surface area contributed by atoms with Crippen molar-refractivity contribution >= 4 is 36.3 Å². The Hall–Kier alpha value is -1.57. The van der Waals surface area contributed by atoms with E-state index in [-0.39, 0.29) is 31.4 Å². The summed E-state index contributed by atoms with van der Waals surface area (Å²) in [5.41, 5.74) is 0. The maximum absolute atomic E-state index is 11.6. The molecule has 0 aliphatic heterocycles.